The number of Topliss-reactive ketones (excluding diaryl/α,β-unsaturated/α-hetero) is 1. The van der Waals surface area contributed by atoms with Gasteiger partial charge in [-0.25, -0.2) is 0 Å². The third-order valence-corrected chi connectivity index (χ3v) is 3.98. The Hall–Kier alpha value is -1.38. The van der Waals surface area contributed by atoms with Gasteiger partial charge in [-0.3, -0.25) is 9.59 Å². The minimum absolute atomic E-state index is 0.00691. The molecule has 3 heteroatoms. The minimum Gasteiger partial charge on any atom is -0.469 e. The molecule has 0 saturated heterocycles. The van der Waals surface area contributed by atoms with E-state index >= 15 is 0 Å². The number of unbranched alkanes of at least 4 members (excludes halogenated alkanes) is 8. The average molecular weight is 337 g/mol. The Morgan fingerprint density at radius 3 is 2.00 bits per heavy atom. The van der Waals surface area contributed by atoms with E-state index < -0.39 is 5.97 Å². The second-order valence-corrected chi connectivity index (χ2v) is 6.27. The molecule has 0 atom stereocenters. The standard InChI is InChI=1S/C21H36O3/c1-3-4-5-6-7-8-9-10-11-12-13-14-15-16-17-18-20(22)19-21(23)24-2/h7-8,10-11H,3-6,9,12-19H2,1-2H3. The minimum atomic E-state index is -0.428. The number of ether oxygens (including phenoxy) is 1. The van der Waals surface area contributed by atoms with Gasteiger partial charge in [0, 0.05) is 6.42 Å². The molecule has 3 nitrogen and oxygen atoms in total. The molecule has 0 radical (unpaired) electrons. The Balaban J connectivity index is 3.31. The van der Waals surface area contributed by atoms with Crippen molar-refractivity contribution < 1.29 is 14.3 Å². The molecule has 24 heavy (non-hydrogen) atoms. The van der Waals surface area contributed by atoms with Crippen LogP contribution in [0.25, 0.3) is 0 Å². The van der Waals surface area contributed by atoms with Crippen LogP contribution in [0.2, 0.25) is 0 Å². The number of ketones is 1. The Labute approximate surface area is 148 Å². The van der Waals surface area contributed by atoms with Crippen LogP contribution in [-0.4, -0.2) is 18.9 Å². The lowest BCUT2D eigenvalue weighted by molar-refractivity contribution is -0.143. The summed E-state index contributed by atoms with van der Waals surface area (Å²) < 4.78 is 4.48. The van der Waals surface area contributed by atoms with Gasteiger partial charge in [-0.1, -0.05) is 63.3 Å². The largest absolute Gasteiger partial charge is 0.469 e. The first-order chi connectivity index (χ1) is 11.7. The van der Waals surface area contributed by atoms with Crippen molar-refractivity contribution in [2.75, 3.05) is 7.11 Å². The summed E-state index contributed by atoms with van der Waals surface area (Å²) in [7, 11) is 1.31. The van der Waals surface area contributed by atoms with Crippen molar-refractivity contribution in [3.8, 4) is 0 Å². The van der Waals surface area contributed by atoms with Crippen LogP contribution in [-0.2, 0) is 14.3 Å². The molecule has 0 bridgehead atoms. The molecule has 0 aromatic rings. The highest BCUT2D eigenvalue weighted by Crippen LogP contribution is 2.09. The number of methoxy groups -OCH3 is 1. The van der Waals surface area contributed by atoms with Gasteiger partial charge in [-0.05, 0) is 38.5 Å². The normalized spacial score (nSPS) is 11.4. The number of carbonyl (C=O) groups is 2. The Morgan fingerprint density at radius 2 is 1.38 bits per heavy atom. The molecule has 138 valence electrons. The van der Waals surface area contributed by atoms with Crippen LogP contribution in [0.4, 0.5) is 0 Å². The number of esters is 1. The second kappa shape index (κ2) is 18.0. The molecule has 0 amide bonds. The van der Waals surface area contributed by atoms with Gasteiger partial charge in [-0.2, -0.15) is 0 Å². The van der Waals surface area contributed by atoms with Crippen LogP contribution in [0.5, 0.6) is 0 Å². The van der Waals surface area contributed by atoms with Crippen molar-refractivity contribution in [1.29, 1.82) is 0 Å². The first-order valence-corrected chi connectivity index (χ1v) is 9.59. The van der Waals surface area contributed by atoms with E-state index in [2.05, 4.69) is 36.0 Å². The van der Waals surface area contributed by atoms with Gasteiger partial charge in [0.05, 0.1) is 7.11 Å². The number of allylic oxidation sites excluding steroid dienone is 4. The molecule has 0 aromatic carbocycles. The molecule has 0 spiro atoms. The zero-order valence-corrected chi connectivity index (χ0v) is 15.7. The van der Waals surface area contributed by atoms with E-state index in [9.17, 15) is 9.59 Å². The smallest absolute Gasteiger partial charge is 0.313 e. The van der Waals surface area contributed by atoms with E-state index in [-0.39, 0.29) is 12.2 Å². The van der Waals surface area contributed by atoms with E-state index in [4.69, 9.17) is 0 Å². The van der Waals surface area contributed by atoms with Gasteiger partial charge in [0.2, 0.25) is 0 Å². The summed E-state index contributed by atoms with van der Waals surface area (Å²) >= 11 is 0. The lowest BCUT2D eigenvalue weighted by atomic mass is 10.1. The highest BCUT2D eigenvalue weighted by atomic mass is 16.5. The van der Waals surface area contributed by atoms with Gasteiger partial charge in [0.25, 0.3) is 0 Å². The highest BCUT2D eigenvalue weighted by molar-refractivity contribution is 5.95. The molecule has 0 aromatic heterocycles. The molecule has 0 unspecified atom stereocenters. The lowest BCUT2D eigenvalue weighted by Gasteiger charge is -2.01. The average Bonchev–Trinajstić information content (AvgIpc) is 2.58. The molecule has 0 aliphatic heterocycles. The third kappa shape index (κ3) is 17.0. The van der Waals surface area contributed by atoms with Gasteiger partial charge in [0.1, 0.15) is 12.2 Å². The van der Waals surface area contributed by atoms with Crippen LogP contribution in [0.3, 0.4) is 0 Å². The van der Waals surface area contributed by atoms with Crippen LogP contribution < -0.4 is 0 Å². The van der Waals surface area contributed by atoms with Crippen molar-refractivity contribution in [1.82, 2.24) is 0 Å². The number of carbonyl (C=O) groups excluding carboxylic acids is 2. The van der Waals surface area contributed by atoms with Gasteiger partial charge in [0.15, 0.2) is 0 Å². The summed E-state index contributed by atoms with van der Waals surface area (Å²) in [5.41, 5.74) is 0. The van der Waals surface area contributed by atoms with Crippen molar-refractivity contribution in [2.45, 2.75) is 90.4 Å². The summed E-state index contributed by atoms with van der Waals surface area (Å²) in [4.78, 5) is 22.4. The van der Waals surface area contributed by atoms with E-state index in [1.54, 1.807) is 0 Å². The van der Waals surface area contributed by atoms with Gasteiger partial charge >= 0.3 is 5.97 Å². The van der Waals surface area contributed by atoms with E-state index in [0.29, 0.717) is 6.42 Å². The zero-order chi connectivity index (χ0) is 17.9. The number of hydrogen-bond acceptors (Lipinski definition) is 3. The van der Waals surface area contributed by atoms with Crippen molar-refractivity contribution in [3.63, 3.8) is 0 Å². The monoisotopic (exact) mass is 336 g/mol. The van der Waals surface area contributed by atoms with E-state index in [1.807, 2.05) is 0 Å². The summed E-state index contributed by atoms with van der Waals surface area (Å²) in [6.45, 7) is 2.23. The molecular weight excluding hydrogens is 300 g/mol. The summed E-state index contributed by atoms with van der Waals surface area (Å²) in [5.74, 6) is -0.435. The fourth-order valence-electron chi connectivity index (χ4n) is 2.46. The Bertz CT molecular complexity index is 369. The maximum Gasteiger partial charge on any atom is 0.313 e. The lowest BCUT2D eigenvalue weighted by Crippen LogP contribution is -2.08. The molecule has 0 heterocycles. The predicted octanol–water partition coefficient (Wildman–Crippen LogP) is 5.93. The van der Waals surface area contributed by atoms with Gasteiger partial charge < -0.3 is 4.74 Å². The first-order valence-electron chi connectivity index (χ1n) is 9.59. The molecule has 0 saturated carbocycles. The first kappa shape index (κ1) is 22.6. The maximum absolute atomic E-state index is 11.4. The SMILES string of the molecule is CCCCCC=CCC=CCCCCCCCC(=O)CC(=O)OC. The van der Waals surface area contributed by atoms with Crippen molar-refractivity contribution >= 4 is 11.8 Å². The van der Waals surface area contributed by atoms with Crippen LogP contribution in [0.1, 0.15) is 90.4 Å². The summed E-state index contributed by atoms with van der Waals surface area (Å²) in [5, 5.41) is 0. The topological polar surface area (TPSA) is 43.4 Å². The summed E-state index contributed by atoms with van der Waals surface area (Å²) in [6, 6.07) is 0. The van der Waals surface area contributed by atoms with Crippen LogP contribution in [0.15, 0.2) is 24.3 Å². The highest BCUT2D eigenvalue weighted by Gasteiger charge is 2.08. The molecule has 0 rings (SSSR count). The summed E-state index contributed by atoms with van der Waals surface area (Å²) in [6.07, 6.45) is 22.4. The fourth-order valence-corrected chi connectivity index (χ4v) is 2.46. The van der Waals surface area contributed by atoms with Crippen molar-refractivity contribution in [2.24, 2.45) is 0 Å². The molecule has 0 N–H and O–H groups in total. The Morgan fingerprint density at radius 1 is 0.792 bits per heavy atom. The quantitative estimate of drug-likeness (QED) is 0.152. The van der Waals surface area contributed by atoms with E-state index in [1.165, 1.54) is 45.6 Å². The van der Waals surface area contributed by atoms with Crippen LogP contribution in [0, 0.1) is 0 Å². The van der Waals surface area contributed by atoms with Crippen molar-refractivity contribution in [3.05, 3.63) is 24.3 Å². The predicted molar refractivity (Wildman–Crippen MR) is 101 cm³/mol. The number of hydrogen-bond donors (Lipinski definition) is 0. The zero-order valence-electron chi connectivity index (χ0n) is 15.7. The third-order valence-electron chi connectivity index (χ3n) is 3.98. The molecule has 0 fully saturated rings. The number of rotatable bonds is 16. The fraction of sp³-hybridized carbons (Fsp3) is 0.714. The Kier molecular flexibility index (Phi) is 16.9. The maximum atomic E-state index is 11.4. The van der Waals surface area contributed by atoms with E-state index in [0.717, 1.165) is 32.1 Å². The molecule has 0 aliphatic rings. The van der Waals surface area contributed by atoms with Gasteiger partial charge in [-0.15, -0.1) is 0 Å². The second-order valence-electron chi connectivity index (χ2n) is 6.27. The van der Waals surface area contributed by atoms with Crippen LogP contribution >= 0.6 is 0 Å². The molecular formula is C21H36O3. The molecule has 0 aliphatic carbocycles.